The molecule has 0 radical (unpaired) electrons. The number of unbranched alkanes of at least 4 members (excludes halogenated alkanes) is 2. The lowest BCUT2D eigenvalue weighted by Gasteiger charge is -2.44. The zero-order valence-corrected chi connectivity index (χ0v) is 29.3. The van der Waals surface area contributed by atoms with Crippen LogP contribution in [0, 0.1) is 6.92 Å². The Morgan fingerprint density at radius 2 is 1.52 bits per heavy atom. The van der Waals surface area contributed by atoms with E-state index in [-0.39, 0.29) is 11.6 Å². The smallest absolute Gasteiger partial charge is 0.330 e. The first kappa shape index (κ1) is 36.0. The van der Waals surface area contributed by atoms with Crippen LogP contribution in [-0.4, -0.2) is 67.2 Å². The molecule has 9 nitrogen and oxygen atoms in total. The van der Waals surface area contributed by atoms with Gasteiger partial charge in [-0.25, -0.2) is 4.79 Å². The van der Waals surface area contributed by atoms with Crippen LogP contribution in [0.4, 0.5) is 0 Å². The molecule has 1 aromatic heterocycles. The van der Waals surface area contributed by atoms with E-state index in [9.17, 15) is 14.7 Å². The zero-order chi connectivity index (χ0) is 33.4. The number of aromatic amines is 1. The maximum absolute atomic E-state index is 13.0. The molecule has 0 spiro atoms. The number of aromatic nitrogens is 2. The topological polar surface area (TPSA) is 112 Å². The number of nitrogens with one attached hydrogen (secondary N) is 1. The normalized spacial score (nSPS) is 21.9. The molecule has 1 unspecified atom stereocenters. The highest BCUT2D eigenvalue weighted by Gasteiger charge is 2.57. The lowest BCUT2D eigenvalue weighted by atomic mass is 9.92. The van der Waals surface area contributed by atoms with Gasteiger partial charge in [0.2, 0.25) is 0 Å². The third-order valence-electron chi connectivity index (χ3n) is 8.94. The number of nitrogens with zero attached hydrogens (tertiary/aromatic N) is 1. The van der Waals surface area contributed by atoms with E-state index in [4.69, 9.17) is 18.6 Å². The Balaban J connectivity index is 1.76. The van der Waals surface area contributed by atoms with Gasteiger partial charge in [-0.2, -0.15) is 0 Å². The summed E-state index contributed by atoms with van der Waals surface area (Å²) >= 11 is 0. The molecule has 0 bridgehead atoms. The van der Waals surface area contributed by atoms with Crippen LogP contribution < -0.4 is 21.6 Å². The molecule has 2 aromatic carbocycles. The maximum Gasteiger partial charge on any atom is 0.330 e. The summed E-state index contributed by atoms with van der Waals surface area (Å²) in [6.45, 7) is 13.9. The van der Waals surface area contributed by atoms with Gasteiger partial charge >= 0.3 is 5.69 Å². The second kappa shape index (κ2) is 15.8. The molecule has 46 heavy (non-hydrogen) atoms. The third-order valence-corrected chi connectivity index (χ3v) is 14.0. The van der Waals surface area contributed by atoms with E-state index in [0.717, 1.165) is 25.7 Å². The van der Waals surface area contributed by atoms with E-state index >= 15 is 0 Å². The monoisotopic (exact) mass is 652 g/mol. The summed E-state index contributed by atoms with van der Waals surface area (Å²) in [6.07, 6.45) is 2.28. The zero-order valence-electron chi connectivity index (χ0n) is 28.3. The molecule has 4 rings (SSSR count). The summed E-state index contributed by atoms with van der Waals surface area (Å²) in [5.74, 6) is 0. The molecular weight excluding hydrogens is 600 g/mol. The van der Waals surface area contributed by atoms with E-state index in [1.165, 1.54) is 21.1 Å². The van der Waals surface area contributed by atoms with Gasteiger partial charge in [-0.1, -0.05) is 108 Å². The molecular formula is C36H52N2O7Si. The summed E-state index contributed by atoms with van der Waals surface area (Å²) in [4.78, 5) is 27.5. The van der Waals surface area contributed by atoms with Gasteiger partial charge in [0, 0.05) is 38.0 Å². The van der Waals surface area contributed by atoms with Crippen molar-refractivity contribution >= 4 is 18.7 Å². The van der Waals surface area contributed by atoms with Gasteiger partial charge in [0.15, 0.2) is 6.23 Å². The predicted octanol–water partition coefficient (Wildman–Crippen LogP) is 4.44. The van der Waals surface area contributed by atoms with Crippen molar-refractivity contribution < 1.29 is 23.7 Å². The van der Waals surface area contributed by atoms with Crippen LogP contribution >= 0.6 is 0 Å². The number of rotatable bonds is 16. The van der Waals surface area contributed by atoms with E-state index in [0.29, 0.717) is 31.8 Å². The number of hydrogen-bond donors (Lipinski definition) is 2. The van der Waals surface area contributed by atoms with Crippen molar-refractivity contribution in [2.24, 2.45) is 0 Å². The molecule has 0 amide bonds. The molecule has 4 atom stereocenters. The molecule has 1 aliphatic heterocycles. The van der Waals surface area contributed by atoms with Crippen molar-refractivity contribution in [1.29, 1.82) is 0 Å². The fourth-order valence-corrected chi connectivity index (χ4v) is 11.0. The Labute approximate surface area is 274 Å². The molecule has 2 heterocycles. The Morgan fingerprint density at radius 3 is 2.09 bits per heavy atom. The van der Waals surface area contributed by atoms with Crippen LogP contribution in [-0.2, 0) is 18.6 Å². The molecule has 1 fully saturated rings. The van der Waals surface area contributed by atoms with Gasteiger partial charge in [-0.05, 0) is 35.2 Å². The minimum absolute atomic E-state index is 0.151. The van der Waals surface area contributed by atoms with Crippen LogP contribution in [0.25, 0.3) is 0 Å². The van der Waals surface area contributed by atoms with E-state index in [1.54, 1.807) is 6.92 Å². The number of aryl methyl sites for hydroxylation is 1. The standard InChI is InChI=1S/C36H52N2O7Si/c1-7-9-22-42-26-36(31(43-23-10-8-2)30(39)33(45-36)38-25-27(3)32(40)37-34(38)41)21-24-44-46(35(4,5)6,28-17-13-11-14-18-28)29-19-15-12-16-20-29/h11-20,25,30-31,33,39H,7-10,21-24,26H2,1-6H3,(H,37,40,41)/t30-,31?,33+,36+/m0/s1. The van der Waals surface area contributed by atoms with Crippen LogP contribution in [0.15, 0.2) is 76.4 Å². The highest BCUT2D eigenvalue weighted by atomic mass is 28.4. The van der Waals surface area contributed by atoms with Gasteiger partial charge in [0.05, 0.1) is 6.61 Å². The highest BCUT2D eigenvalue weighted by molar-refractivity contribution is 6.99. The summed E-state index contributed by atoms with van der Waals surface area (Å²) < 4.78 is 27.9. The Morgan fingerprint density at radius 1 is 0.935 bits per heavy atom. The van der Waals surface area contributed by atoms with Gasteiger partial charge in [-0.3, -0.25) is 14.3 Å². The Bertz CT molecular complexity index is 1450. The first-order valence-electron chi connectivity index (χ1n) is 16.6. The average Bonchev–Trinajstić information content (AvgIpc) is 3.30. The van der Waals surface area contributed by atoms with Crippen LogP contribution in [0.1, 0.15) is 78.5 Å². The SMILES string of the molecule is CCCCOC[C@@]1(CCO[Si](c2ccccc2)(c2ccccc2)C(C)(C)C)O[C@@H](n2cc(C)c(=O)[nH]c2=O)[C@@H](O)C1OCCCC. The maximum atomic E-state index is 13.0. The number of aliphatic hydroxyl groups excluding tert-OH is 1. The van der Waals surface area contributed by atoms with Gasteiger partial charge in [0.25, 0.3) is 13.9 Å². The Hall–Kier alpha value is -2.86. The van der Waals surface area contributed by atoms with Crippen LogP contribution in [0.2, 0.25) is 5.04 Å². The van der Waals surface area contributed by atoms with Gasteiger partial charge in [0.1, 0.15) is 17.8 Å². The van der Waals surface area contributed by atoms with E-state index in [2.05, 4.69) is 88.1 Å². The summed E-state index contributed by atoms with van der Waals surface area (Å²) in [7, 11) is -2.87. The van der Waals surface area contributed by atoms with Crippen molar-refractivity contribution in [1.82, 2.24) is 9.55 Å². The fourth-order valence-electron chi connectivity index (χ4n) is 6.46. The Kier molecular flexibility index (Phi) is 12.4. The van der Waals surface area contributed by atoms with Crippen LogP contribution in [0.5, 0.6) is 0 Å². The van der Waals surface area contributed by atoms with Crippen molar-refractivity contribution in [3.63, 3.8) is 0 Å². The third kappa shape index (κ3) is 7.64. The molecule has 0 saturated carbocycles. The van der Waals surface area contributed by atoms with E-state index < -0.39 is 43.6 Å². The van der Waals surface area contributed by atoms with Crippen molar-refractivity contribution in [3.05, 3.63) is 93.3 Å². The van der Waals surface area contributed by atoms with Crippen molar-refractivity contribution in [3.8, 4) is 0 Å². The van der Waals surface area contributed by atoms with E-state index in [1.807, 2.05) is 12.1 Å². The molecule has 1 aliphatic rings. The summed E-state index contributed by atoms with van der Waals surface area (Å²) in [5, 5.41) is 13.9. The van der Waals surface area contributed by atoms with Gasteiger partial charge in [-0.15, -0.1) is 0 Å². The number of ether oxygens (including phenoxy) is 3. The minimum Gasteiger partial charge on any atom is -0.407 e. The van der Waals surface area contributed by atoms with Crippen molar-refractivity contribution in [2.75, 3.05) is 26.4 Å². The first-order chi connectivity index (χ1) is 22.0. The number of hydrogen-bond acceptors (Lipinski definition) is 7. The largest absolute Gasteiger partial charge is 0.407 e. The second-order valence-corrected chi connectivity index (χ2v) is 17.7. The summed E-state index contributed by atoms with van der Waals surface area (Å²) in [6, 6.07) is 20.9. The molecule has 252 valence electrons. The lowest BCUT2D eigenvalue weighted by Crippen LogP contribution is -2.67. The molecule has 1 saturated heterocycles. The highest BCUT2D eigenvalue weighted by Crippen LogP contribution is 2.43. The van der Waals surface area contributed by atoms with Gasteiger partial charge < -0.3 is 23.7 Å². The minimum atomic E-state index is -2.87. The fraction of sp³-hybridized carbons (Fsp3) is 0.556. The predicted molar refractivity (Wildman–Crippen MR) is 183 cm³/mol. The molecule has 2 N–H and O–H groups in total. The number of H-pyrrole nitrogens is 1. The second-order valence-electron chi connectivity index (χ2n) is 13.4. The number of benzene rings is 2. The molecule has 0 aliphatic carbocycles. The molecule has 10 heteroatoms. The average molecular weight is 653 g/mol. The van der Waals surface area contributed by atoms with Crippen molar-refractivity contribution in [2.45, 2.75) is 103 Å². The number of aliphatic hydroxyl groups is 1. The lowest BCUT2D eigenvalue weighted by molar-refractivity contribution is -0.159. The first-order valence-corrected chi connectivity index (χ1v) is 18.5. The summed E-state index contributed by atoms with van der Waals surface area (Å²) in [5.41, 5.74) is -1.92. The van der Waals surface area contributed by atoms with Crippen LogP contribution in [0.3, 0.4) is 0 Å². The quantitative estimate of drug-likeness (QED) is 0.174. The molecule has 3 aromatic rings.